The van der Waals surface area contributed by atoms with Crippen molar-refractivity contribution in [2.45, 2.75) is 33.2 Å². The largest absolute Gasteiger partial charge is 0.351 e. The highest BCUT2D eigenvalue weighted by atomic mass is 16.2. The predicted octanol–water partition coefficient (Wildman–Crippen LogP) is 3.38. The summed E-state index contributed by atoms with van der Waals surface area (Å²) in [4.78, 5) is 25.5. The molecule has 5 heteroatoms. The summed E-state index contributed by atoms with van der Waals surface area (Å²) in [5.74, 6) is 1.36. The van der Waals surface area contributed by atoms with Gasteiger partial charge in [-0.1, -0.05) is 37.3 Å². The van der Waals surface area contributed by atoms with Crippen molar-refractivity contribution in [1.29, 1.82) is 0 Å². The number of carbonyl (C=O) groups excluding carboxylic acids is 1. The number of aromatic nitrogens is 2. The second-order valence-electron chi connectivity index (χ2n) is 6.76. The quantitative estimate of drug-likeness (QED) is 0.839. The van der Waals surface area contributed by atoms with Crippen molar-refractivity contribution in [3.63, 3.8) is 0 Å². The van der Waals surface area contributed by atoms with E-state index < -0.39 is 0 Å². The predicted molar refractivity (Wildman–Crippen MR) is 99.5 cm³/mol. The monoisotopic (exact) mass is 338 g/mol. The zero-order valence-electron chi connectivity index (χ0n) is 15.1. The molecule has 1 unspecified atom stereocenters. The fourth-order valence-electron chi connectivity index (χ4n) is 3.29. The van der Waals surface area contributed by atoms with Gasteiger partial charge >= 0.3 is 0 Å². The smallest absolute Gasteiger partial charge is 0.274 e. The van der Waals surface area contributed by atoms with E-state index in [4.69, 9.17) is 0 Å². The number of rotatable bonds is 5. The molecule has 0 aliphatic carbocycles. The summed E-state index contributed by atoms with van der Waals surface area (Å²) >= 11 is 0. The molecule has 1 fully saturated rings. The van der Waals surface area contributed by atoms with Gasteiger partial charge in [0.2, 0.25) is 0 Å². The van der Waals surface area contributed by atoms with Crippen molar-refractivity contribution in [3.05, 3.63) is 54.0 Å². The molecule has 3 rings (SSSR count). The molecular weight excluding hydrogens is 312 g/mol. The molecule has 2 aromatic rings. The molecule has 1 aromatic heterocycles. The maximum atomic E-state index is 12.6. The Kier molecular flexibility index (Phi) is 5.64. The van der Waals surface area contributed by atoms with Crippen LogP contribution in [0.5, 0.6) is 0 Å². The molecule has 1 aliphatic rings. The number of benzene rings is 1. The lowest BCUT2D eigenvalue weighted by atomic mass is 10.0. The van der Waals surface area contributed by atoms with Crippen LogP contribution < -0.4 is 4.90 Å². The second-order valence-corrected chi connectivity index (χ2v) is 6.76. The van der Waals surface area contributed by atoms with Gasteiger partial charge in [-0.15, -0.1) is 0 Å². The van der Waals surface area contributed by atoms with E-state index in [2.05, 4.69) is 40.8 Å². The minimum Gasteiger partial charge on any atom is -0.351 e. The maximum Gasteiger partial charge on any atom is 0.274 e. The van der Waals surface area contributed by atoms with Crippen LogP contribution in [-0.4, -0.2) is 40.4 Å². The third-order valence-corrected chi connectivity index (χ3v) is 4.72. The molecule has 132 valence electrons. The highest BCUT2D eigenvalue weighted by Crippen LogP contribution is 2.18. The standard InChI is InChI=1S/C20H26N4O/c1-3-23(15-17-9-5-4-6-10-17)19-13-21-18(12-22-19)20(25)24-11-7-8-16(2)14-24/h4-6,9-10,12-13,16H,3,7-8,11,14-15H2,1-2H3. The molecule has 1 amide bonds. The van der Waals surface area contributed by atoms with E-state index in [1.165, 1.54) is 12.0 Å². The SMILES string of the molecule is CCN(Cc1ccccc1)c1cnc(C(=O)N2CCCC(C)C2)cn1. The summed E-state index contributed by atoms with van der Waals surface area (Å²) < 4.78 is 0. The molecule has 0 N–H and O–H groups in total. The molecule has 5 nitrogen and oxygen atoms in total. The van der Waals surface area contributed by atoms with E-state index in [9.17, 15) is 4.79 Å². The highest BCUT2D eigenvalue weighted by Gasteiger charge is 2.23. The first-order valence-electron chi connectivity index (χ1n) is 9.07. The highest BCUT2D eigenvalue weighted by molar-refractivity contribution is 5.92. The Hall–Kier alpha value is -2.43. The van der Waals surface area contributed by atoms with Crippen LogP contribution in [0.3, 0.4) is 0 Å². The van der Waals surface area contributed by atoms with Gasteiger partial charge in [0.1, 0.15) is 11.5 Å². The fourth-order valence-corrected chi connectivity index (χ4v) is 3.29. The Morgan fingerprint density at radius 3 is 2.68 bits per heavy atom. The van der Waals surface area contributed by atoms with Gasteiger partial charge in [0.15, 0.2) is 0 Å². The molecule has 1 saturated heterocycles. The molecule has 0 saturated carbocycles. The number of hydrogen-bond acceptors (Lipinski definition) is 4. The molecule has 2 heterocycles. The van der Waals surface area contributed by atoms with E-state index in [0.717, 1.165) is 38.4 Å². The van der Waals surface area contributed by atoms with Crippen molar-refractivity contribution < 1.29 is 4.79 Å². The zero-order chi connectivity index (χ0) is 17.6. The number of piperidine rings is 1. The molecule has 0 spiro atoms. The summed E-state index contributed by atoms with van der Waals surface area (Å²) in [5.41, 5.74) is 1.67. The number of carbonyl (C=O) groups is 1. The first-order valence-corrected chi connectivity index (χ1v) is 9.07. The van der Waals surface area contributed by atoms with Gasteiger partial charge in [-0.25, -0.2) is 9.97 Å². The molecular formula is C20H26N4O. The van der Waals surface area contributed by atoms with E-state index in [0.29, 0.717) is 11.6 Å². The molecule has 1 atom stereocenters. The fraction of sp³-hybridized carbons (Fsp3) is 0.450. The summed E-state index contributed by atoms with van der Waals surface area (Å²) in [5, 5.41) is 0. The van der Waals surface area contributed by atoms with Crippen LogP contribution in [0.2, 0.25) is 0 Å². The summed E-state index contributed by atoms with van der Waals surface area (Å²) in [6.45, 7) is 7.54. The summed E-state index contributed by atoms with van der Waals surface area (Å²) in [7, 11) is 0. The van der Waals surface area contributed by atoms with Crippen molar-refractivity contribution in [2.24, 2.45) is 5.92 Å². The average Bonchev–Trinajstić information content (AvgIpc) is 2.66. The zero-order valence-corrected chi connectivity index (χ0v) is 15.1. The molecule has 1 aromatic carbocycles. The number of likely N-dealkylation sites (tertiary alicyclic amines) is 1. The van der Waals surface area contributed by atoms with Gasteiger partial charge in [-0.2, -0.15) is 0 Å². The normalized spacial score (nSPS) is 17.4. The lowest BCUT2D eigenvalue weighted by Crippen LogP contribution is -2.39. The van der Waals surface area contributed by atoms with E-state index >= 15 is 0 Å². The van der Waals surface area contributed by atoms with Crippen LogP contribution >= 0.6 is 0 Å². The minimum atomic E-state index is -0.00305. The van der Waals surface area contributed by atoms with Crippen LogP contribution in [0.4, 0.5) is 5.82 Å². The van der Waals surface area contributed by atoms with E-state index in [1.807, 2.05) is 23.1 Å². The number of anilines is 1. The second kappa shape index (κ2) is 8.10. The first-order chi connectivity index (χ1) is 12.2. The first kappa shape index (κ1) is 17.4. The van der Waals surface area contributed by atoms with Crippen molar-refractivity contribution in [3.8, 4) is 0 Å². The van der Waals surface area contributed by atoms with Gasteiger partial charge in [-0.05, 0) is 31.2 Å². The summed E-state index contributed by atoms with van der Waals surface area (Å²) in [6, 6.07) is 10.3. The molecule has 0 radical (unpaired) electrons. The third-order valence-electron chi connectivity index (χ3n) is 4.72. The summed E-state index contributed by atoms with van der Waals surface area (Å²) in [6.07, 6.45) is 5.59. The van der Waals surface area contributed by atoms with Gasteiger partial charge in [0.25, 0.3) is 5.91 Å². The Balaban J connectivity index is 1.69. The van der Waals surface area contributed by atoms with Crippen molar-refractivity contribution >= 4 is 11.7 Å². The maximum absolute atomic E-state index is 12.6. The van der Waals surface area contributed by atoms with E-state index in [1.54, 1.807) is 12.4 Å². The van der Waals surface area contributed by atoms with Crippen molar-refractivity contribution in [1.82, 2.24) is 14.9 Å². The van der Waals surface area contributed by atoms with E-state index in [-0.39, 0.29) is 5.91 Å². The average molecular weight is 338 g/mol. The lowest BCUT2D eigenvalue weighted by Gasteiger charge is -2.30. The van der Waals surface area contributed by atoms with Gasteiger partial charge < -0.3 is 9.80 Å². The molecule has 1 aliphatic heterocycles. The minimum absolute atomic E-state index is 0.00305. The Bertz CT molecular complexity index is 687. The topological polar surface area (TPSA) is 49.3 Å². The third kappa shape index (κ3) is 4.35. The van der Waals surface area contributed by atoms with Gasteiger partial charge in [0, 0.05) is 26.2 Å². The number of nitrogens with zero attached hydrogens (tertiary/aromatic N) is 4. The van der Waals surface area contributed by atoms with Crippen LogP contribution in [0.15, 0.2) is 42.7 Å². The Labute approximate surface area is 149 Å². The van der Waals surface area contributed by atoms with Crippen LogP contribution in [0.25, 0.3) is 0 Å². The van der Waals surface area contributed by atoms with Crippen LogP contribution in [-0.2, 0) is 6.54 Å². The van der Waals surface area contributed by atoms with Crippen molar-refractivity contribution in [2.75, 3.05) is 24.5 Å². The number of amides is 1. The lowest BCUT2D eigenvalue weighted by molar-refractivity contribution is 0.0676. The molecule has 25 heavy (non-hydrogen) atoms. The Morgan fingerprint density at radius 2 is 2.04 bits per heavy atom. The Morgan fingerprint density at radius 1 is 1.24 bits per heavy atom. The van der Waals surface area contributed by atoms with Crippen LogP contribution in [0.1, 0.15) is 42.7 Å². The number of hydrogen-bond donors (Lipinski definition) is 0. The van der Waals surface area contributed by atoms with Gasteiger partial charge in [0.05, 0.1) is 12.4 Å². The molecule has 0 bridgehead atoms. The van der Waals surface area contributed by atoms with Crippen LogP contribution in [0, 0.1) is 5.92 Å². The van der Waals surface area contributed by atoms with Gasteiger partial charge in [-0.3, -0.25) is 4.79 Å².